The minimum absolute atomic E-state index is 0.0757. The number of nitrogen functional groups attached to an aromatic ring is 1. The van der Waals surface area contributed by atoms with Crippen molar-refractivity contribution in [3.8, 4) is 0 Å². The first-order valence-electron chi connectivity index (χ1n) is 7.53. The van der Waals surface area contributed by atoms with Gasteiger partial charge in [0, 0.05) is 14.1 Å². The van der Waals surface area contributed by atoms with Crippen molar-refractivity contribution < 1.29 is 4.79 Å². The van der Waals surface area contributed by atoms with E-state index in [9.17, 15) is 4.79 Å². The van der Waals surface area contributed by atoms with Crippen LogP contribution in [0.3, 0.4) is 0 Å². The molecular formula is C18H20N4O. The predicted molar refractivity (Wildman–Crippen MR) is 92.1 cm³/mol. The quantitative estimate of drug-likeness (QED) is 0.809. The average molecular weight is 308 g/mol. The van der Waals surface area contributed by atoms with Gasteiger partial charge in [0.2, 0.25) is 0 Å². The smallest absolute Gasteiger partial charge is 0.259 e. The Morgan fingerprint density at radius 3 is 2.61 bits per heavy atom. The van der Waals surface area contributed by atoms with Crippen molar-refractivity contribution in [1.82, 2.24) is 14.7 Å². The fraction of sp³-hybridized carbons (Fsp3) is 0.222. The van der Waals surface area contributed by atoms with Crippen molar-refractivity contribution >= 4 is 22.5 Å². The molecule has 2 aromatic carbocycles. The number of amides is 1. The predicted octanol–water partition coefficient (Wildman–Crippen LogP) is 2.99. The summed E-state index contributed by atoms with van der Waals surface area (Å²) < 4.78 is 1.50. The molecule has 5 heteroatoms. The number of benzene rings is 2. The van der Waals surface area contributed by atoms with Gasteiger partial charge in [-0.25, -0.2) is 0 Å². The normalized spacial score (nSPS) is 12.3. The number of nitrogens with two attached hydrogens (primary N) is 1. The lowest BCUT2D eigenvalue weighted by Crippen LogP contribution is -2.30. The van der Waals surface area contributed by atoms with E-state index in [2.05, 4.69) is 29.4 Å². The summed E-state index contributed by atoms with van der Waals surface area (Å²) in [6.07, 6.45) is 1.52. The molecule has 0 aliphatic carbocycles. The van der Waals surface area contributed by atoms with E-state index in [0.717, 1.165) is 10.9 Å². The zero-order valence-electron chi connectivity index (χ0n) is 13.5. The maximum Gasteiger partial charge on any atom is 0.259 e. The summed E-state index contributed by atoms with van der Waals surface area (Å²) >= 11 is 0. The Bertz CT molecular complexity index is 863. The van der Waals surface area contributed by atoms with Gasteiger partial charge in [0.05, 0.1) is 12.2 Å². The van der Waals surface area contributed by atoms with Gasteiger partial charge in [0.15, 0.2) is 0 Å². The Labute approximate surface area is 135 Å². The van der Waals surface area contributed by atoms with Gasteiger partial charge < -0.3 is 10.6 Å². The van der Waals surface area contributed by atoms with Crippen LogP contribution in [0.25, 0.3) is 10.8 Å². The van der Waals surface area contributed by atoms with Crippen LogP contribution in [0.2, 0.25) is 0 Å². The SMILES string of the molecule is CC(c1cccc2ccccc12)N(C)C(=O)c1cnn(C)c1N. The number of fused-ring (bicyclic) bond motifs is 1. The first-order valence-corrected chi connectivity index (χ1v) is 7.53. The first kappa shape index (κ1) is 15.1. The van der Waals surface area contributed by atoms with Crippen molar-refractivity contribution in [2.45, 2.75) is 13.0 Å². The Hall–Kier alpha value is -2.82. The Balaban J connectivity index is 1.97. The van der Waals surface area contributed by atoms with Gasteiger partial charge in [0.1, 0.15) is 11.4 Å². The molecule has 0 saturated carbocycles. The zero-order valence-corrected chi connectivity index (χ0v) is 13.5. The largest absolute Gasteiger partial charge is 0.383 e. The summed E-state index contributed by atoms with van der Waals surface area (Å²) in [5, 5.41) is 6.37. The van der Waals surface area contributed by atoms with Crippen LogP contribution in [0, 0.1) is 0 Å². The van der Waals surface area contributed by atoms with E-state index in [1.807, 2.05) is 25.1 Å². The average Bonchev–Trinajstić information content (AvgIpc) is 2.91. The zero-order chi connectivity index (χ0) is 16.6. The summed E-state index contributed by atoms with van der Waals surface area (Å²) in [4.78, 5) is 14.4. The molecule has 5 nitrogen and oxygen atoms in total. The van der Waals surface area contributed by atoms with Gasteiger partial charge in [-0.05, 0) is 23.3 Å². The van der Waals surface area contributed by atoms with E-state index in [4.69, 9.17) is 5.73 Å². The van der Waals surface area contributed by atoms with Crippen LogP contribution in [0.1, 0.15) is 28.9 Å². The van der Waals surface area contributed by atoms with Crippen LogP contribution in [0.15, 0.2) is 48.7 Å². The monoisotopic (exact) mass is 308 g/mol. The van der Waals surface area contributed by atoms with Crippen molar-refractivity contribution in [1.29, 1.82) is 0 Å². The molecule has 1 amide bonds. The van der Waals surface area contributed by atoms with Gasteiger partial charge in [-0.2, -0.15) is 5.10 Å². The van der Waals surface area contributed by atoms with Gasteiger partial charge in [0.25, 0.3) is 5.91 Å². The fourth-order valence-corrected chi connectivity index (χ4v) is 2.80. The highest BCUT2D eigenvalue weighted by Gasteiger charge is 2.23. The number of anilines is 1. The second-order valence-corrected chi connectivity index (χ2v) is 5.73. The summed E-state index contributed by atoms with van der Waals surface area (Å²) in [5.74, 6) is 0.253. The van der Waals surface area contributed by atoms with Gasteiger partial charge in [-0.1, -0.05) is 42.5 Å². The molecule has 0 aliphatic heterocycles. The van der Waals surface area contributed by atoms with E-state index >= 15 is 0 Å². The highest BCUT2D eigenvalue weighted by Crippen LogP contribution is 2.28. The summed E-state index contributed by atoms with van der Waals surface area (Å²) in [5.41, 5.74) is 7.47. The third-order valence-electron chi connectivity index (χ3n) is 4.39. The lowest BCUT2D eigenvalue weighted by molar-refractivity contribution is 0.0744. The number of carbonyl (C=O) groups excluding carboxylic acids is 1. The van der Waals surface area contributed by atoms with Crippen LogP contribution >= 0.6 is 0 Å². The fourth-order valence-electron chi connectivity index (χ4n) is 2.80. The number of hydrogen-bond donors (Lipinski definition) is 1. The molecule has 0 fully saturated rings. The van der Waals surface area contributed by atoms with Crippen molar-refractivity contribution in [2.24, 2.45) is 7.05 Å². The Morgan fingerprint density at radius 1 is 1.22 bits per heavy atom. The summed E-state index contributed by atoms with van der Waals surface area (Å²) in [6.45, 7) is 2.02. The van der Waals surface area contributed by atoms with Crippen LogP contribution < -0.4 is 5.73 Å². The number of aryl methyl sites for hydroxylation is 1. The number of carbonyl (C=O) groups is 1. The second kappa shape index (κ2) is 5.76. The topological polar surface area (TPSA) is 64.2 Å². The Morgan fingerprint density at radius 2 is 1.91 bits per heavy atom. The van der Waals surface area contributed by atoms with Crippen LogP contribution in [-0.2, 0) is 7.05 Å². The maximum absolute atomic E-state index is 12.7. The molecule has 1 atom stereocenters. The molecule has 3 rings (SSSR count). The number of rotatable bonds is 3. The summed E-state index contributed by atoms with van der Waals surface area (Å²) in [6, 6.07) is 14.3. The van der Waals surface area contributed by atoms with Gasteiger partial charge >= 0.3 is 0 Å². The number of aromatic nitrogens is 2. The van der Waals surface area contributed by atoms with Gasteiger partial charge in [-0.3, -0.25) is 9.48 Å². The number of nitrogens with zero attached hydrogens (tertiary/aromatic N) is 3. The van der Waals surface area contributed by atoms with E-state index in [1.165, 1.54) is 16.3 Å². The third-order valence-corrected chi connectivity index (χ3v) is 4.39. The highest BCUT2D eigenvalue weighted by atomic mass is 16.2. The molecular weight excluding hydrogens is 288 g/mol. The van der Waals surface area contributed by atoms with Crippen LogP contribution in [0.4, 0.5) is 5.82 Å². The maximum atomic E-state index is 12.7. The first-order chi connectivity index (χ1) is 11.0. The molecule has 0 spiro atoms. The van der Waals surface area contributed by atoms with E-state index in [0.29, 0.717) is 11.4 Å². The highest BCUT2D eigenvalue weighted by molar-refractivity contribution is 5.98. The number of hydrogen-bond acceptors (Lipinski definition) is 3. The molecule has 1 aromatic heterocycles. The standard InChI is InChI=1S/C18H20N4O/c1-12(14-10-6-8-13-7-4-5-9-15(13)14)21(2)18(23)16-11-20-22(3)17(16)19/h4-12H,19H2,1-3H3. The lowest BCUT2D eigenvalue weighted by atomic mass is 9.98. The van der Waals surface area contributed by atoms with Gasteiger partial charge in [-0.15, -0.1) is 0 Å². The molecule has 2 N–H and O–H groups in total. The van der Waals surface area contributed by atoms with Crippen LogP contribution in [-0.4, -0.2) is 27.6 Å². The molecule has 1 heterocycles. The van der Waals surface area contributed by atoms with Crippen molar-refractivity contribution in [3.63, 3.8) is 0 Å². The van der Waals surface area contributed by atoms with Crippen molar-refractivity contribution in [2.75, 3.05) is 12.8 Å². The molecule has 1 unspecified atom stereocenters. The van der Waals surface area contributed by atoms with E-state index < -0.39 is 0 Å². The van der Waals surface area contributed by atoms with E-state index in [-0.39, 0.29) is 11.9 Å². The molecule has 0 aliphatic rings. The minimum atomic E-state index is -0.129. The molecule has 23 heavy (non-hydrogen) atoms. The molecule has 0 saturated heterocycles. The summed E-state index contributed by atoms with van der Waals surface area (Å²) in [7, 11) is 3.52. The lowest BCUT2D eigenvalue weighted by Gasteiger charge is -2.26. The molecule has 0 radical (unpaired) electrons. The van der Waals surface area contributed by atoms with Crippen LogP contribution in [0.5, 0.6) is 0 Å². The second-order valence-electron chi connectivity index (χ2n) is 5.73. The molecule has 3 aromatic rings. The minimum Gasteiger partial charge on any atom is -0.383 e. The van der Waals surface area contributed by atoms with E-state index in [1.54, 1.807) is 19.0 Å². The molecule has 0 bridgehead atoms. The third kappa shape index (κ3) is 2.54. The molecule has 118 valence electrons. The van der Waals surface area contributed by atoms with Crippen molar-refractivity contribution in [3.05, 3.63) is 59.8 Å². The Kier molecular flexibility index (Phi) is 3.78.